The van der Waals surface area contributed by atoms with Crippen molar-refractivity contribution < 1.29 is 4.79 Å². The van der Waals surface area contributed by atoms with Crippen LogP contribution in [0.3, 0.4) is 0 Å². The Kier molecular flexibility index (Phi) is 6.03. The number of carbonyl (C=O) groups excluding carboxylic acids is 1. The van der Waals surface area contributed by atoms with Gasteiger partial charge in [-0.2, -0.15) is 0 Å². The minimum Gasteiger partial charge on any atom is -0.322 e. The molecule has 0 aliphatic heterocycles. The summed E-state index contributed by atoms with van der Waals surface area (Å²) in [6, 6.07) is 22.4. The molecule has 1 N–H and O–H groups in total. The summed E-state index contributed by atoms with van der Waals surface area (Å²) in [6.45, 7) is 0. The molecule has 25 heavy (non-hydrogen) atoms. The lowest BCUT2D eigenvalue weighted by molar-refractivity contribution is 0.102. The summed E-state index contributed by atoms with van der Waals surface area (Å²) < 4.78 is 0. The van der Waals surface area contributed by atoms with Crippen LogP contribution in [0.1, 0.15) is 15.9 Å². The first-order valence-electron chi connectivity index (χ1n) is 7.64. The van der Waals surface area contributed by atoms with Crippen LogP contribution in [0.15, 0.2) is 77.7 Å². The van der Waals surface area contributed by atoms with Gasteiger partial charge in [-0.15, -0.1) is 11.8 Å². The zero-order valence-corrected chi connectivity index (χ0v) is 15.5. The standard InChI is InChI=1S/C20H15Cl2NOS/c21-16-6-4-14(5-7-16)13-25-19-3-1-2-15(12-19)20(24)23-18-10-8-17(22)9-11-18/h1-12H,13H2,(H,23,24). The molecule has 3 aromatic carbocycles. The van der Waals surface area contributed by atoms with Gasteiger partial charge in [0.2, 0.25) is 0 Å². The van der Waals surface area contributed by atoms with Crippen molar-refractivity contribution in [3.63, 3.8) is 0 Å². The van der Waals surface area contributed by atoms with Crippen LogP contribution < -0.4 is 5.32 Å². The topological polar surface area (TPSA) is 29.1 Å². The van der Waals surface area contributed by atoms with Crippen LogP contribution in [-0.2, 0) is 5.75 Å². The fourth-order valence-corrected chi connectivity index (χ4v) is 3.37. The minimum absolute atomic E-state index is 0.142. The van der Waals surface area contributed by atoms with Crippen LogP contribution in [0.5, 0.6) is 0 Å². The lowest BCUT2D eigenvalue weighted by Crippen LogP contribution is -2.11. The van der Waals surface area contributed by atoms with Gasteiger partial charge in [-0.25, -0.2) is 0 Å². The van der Waals surface area contributed by atoms with E-state index in [1.54, 1.807) is 42.1 Å². The number of anilines is 1. The maximum atomic E-state index is 12.4. The molecule has 0 unspecified atom stereocenters. The molecule has 0 atom stereocenters. The summed E-state index contributed by atoms with van der Waals surface area (Å²) >= 11 is 13.4. The Labute approximate surface area is 161 Å². The second-order valence-corrected chi connectivity index (χ2v) is 7.33. The molecule has 126 valence electrons. The number of nitrogens with one attached hydrogen (secondary N) is 1. The molecule has 0 fully saturated rings. The average Bonchev–Trinajstić information content (AvgIpc) is 2.63. The van der Waals surface area contributed by atoms with Crippen molar-refractivity contribution in [2.75, 3.05) is 5.32 Å². The van der Waals surface area contributed by atoms with Crippen molar-refractivity contribution in [1.29, 1.82) is 0 Å². The van der Waals surface area contributed by atoms with Gasteiger partial charge in [-0.05, 0) is 60.2 Å². The van der Waals surface area contributed by atoms with Crippen molar-refractivity contribution in [1.82, 2.24) is 0 Å². The third-order valence-corrected chi connectivity index (χ3v) is 5.09. The van der Waals surface area contributed by atoms with Crippen LogP contribution in [0.2, 0.25) is 10.0 Å². The summed E-state index contributed by atoms with van der Waals surface area (Å²) in [5, 5.41) is 4.24. The summed E-state index contributed by atoms with van der Waals surface area (Å²) in [7, 11) is 0. The molecule has 3 aromatic rings. The smallest absolute Gasteiger partial charge is 0.255 e. The van der Waals surface area contributed by atoms with E-state index in [9.17, 15) is 4.79 Å². The number of amides is 1. The molecule has 0 aliphatic rings. The number of hydrogen-bond acceptors (Lipinski definition) is 2. The number of hydrogen-bond donors (Lipinski definition) is 1. The summed E-state index contributed by atoms with van der Waals surface area (Å²) in [4.78, 5) is 13.4. The Bertz CT molecular complexity index is 864. The van der Waals surface area contributed by atoms with Crippen LogP contribution in [0.4, 0.5) is 5.69 Å². The Morgan fingerprint density at radius 3 is 2.20 bits per heavy atom. The van der Waals surface area contributed by atoms with Gasteiger partial charge < -0.3 is 5.32 Å². The van der Waals surface area contributed by atoms with E-state index in [1.165, 1.54) is 5.56 Å². The molecule has 0 radical (unpaired) electrons. The quantitative estimate of drug-likeness (QED) is 0.503. The van der Waals surface area contributed by atoms with E-state index < -0.39 is 0 Å². The Hall–Kier alpha value is -1.94. The molecule has 0 saturated carbocycles. The largest absolute Gasteiger partial charge is 0.322 e. The molecule has 0 heterocycles. The fourth-order valence-electron chi connectivity index (χ4n) is 2.21. The van der Waals surface area contributed by atoms with Gasteiger partial charge in [0.1, 0.15) is 0 Å². The number of thioether (sulfide) groups is 1. The predicted molar refractivity (Wildman–Crippen MR) is 107 cm³/mol. The second kappa shape index (κ2) is 8.43. The summed E-state index contributed by atoms with van der Waals surface area (Å²) in [6.07, 6.45) is 0. The van der Waals surface area contributed by atoms with E-state index in [0.29, 0.717) is 16.3 Å². The molecule has 0 saturated heterocycles. The van der Waals surface area contributed by atoms with Crippen molar-refractivity contribution in [2.45, 2.75) is 10.6 Å². The van der Waals surface area contributed by atoms with E-state index >= 15 is 0 Å². The van der Waals surface area contributed by atoms with Gasteiger partial charge in [0, 0.05) is 31.9 Å². The zero-order valence-electron chi connectivity index (χ0n) is 13.2. The fraction of sp³-hybridized carbons (Fsp3) is 0.0500. The highest BCUT2D eigenvalue weighted by atomic mass is 35.5. The highest BCUT2D eigenvalue weighted by Gasteiger charge is 2.07. The van der Waals surface area contributed by atoms with E-state index in [0.717, 1.165) is 15.7 Å². The van der Waals surface area contributed by atoms with Gasteiger partial charge in [0.25, 0.3) is 5.91 Å². The maximum absolute atomic E-state index is 12.4. The van der Waals surface area contributed by atoms with Crippen LogP contribution in [0.25, 0.3) is 0 Å². The SMILES string of the molecule is O=C(Nc1ccc(Cl)cc1)c1cccc(SCc2ccc(Cl)cc2)c1. The van der Waals surface area contributed by atoms with Crippen LogP contribution in [-0.4, -0.2) is 5.91 Å². The zero-order chi connectivity index (χ0) is 17.6. The van der Waals surface area contributed by atoms with E-state index in [4.69, 9.17) is 23.2 Å². The molecular formula is C20H15Cl2NOS. The number of rotatable bonds is 5. The second-order valence-electron chi connectivity index (χ2n) is 5.40. The highest BCUT2D eigenvalue weighted by Crippen LogP contribution is 2.25. The first kappa shape index (κ1) is 17.9. The van der Waals surface area contributed by atoms with Gasteiger partial charge in [0.15, 0.2) is 0 Å². The molecule has 2 nitrogen and oxygen atoms in total. The Balaban J connectivity index is 1.64. The Morgan fingerprint density at radius 2 is 1.52 bits per heavy atom. The first-order valence-corrected chi connectivity index (χ1v) is 9.38. The lowest BCUT2D eigenvalue weighted by Gasteiger charge is -2.07. The number of carbonyl (C=O) groups is 1. The van der Waals surface area contributed by atoms with Gasteiger partial charge in [0.05, 0.1) is 0 Å². The predicted octanol–water partition coefficient (Wildman–Crippen LogP) is 6.54. The molecule has 0 aliphatic carbocycles. The third-order valence-electron chi connectivity index (χ3n) is 3.52. The van der Waals surface area contributed by atoms with E-state index in [-0.39, 0.29) is 5.91 Å². The molecule has 3 rings (SSSR count). The summed E-state index contributed by atoms with van der Waals surface area (Å²) in [5.41, 5.74) is 2.52. The van der Waals surface area contributed by atoms with Gasteiger partial charge in [-0.3, -0.25) is 4.79 Å². The lowest BCUT2D eigenvalue weighted by atomic mass is 10.2. The van der Waals surface area contributed by atoms with Crippen molar-refractivity contribution >= 4 is 46.6 Å². The molecular weight excluding hydrogens is 373 g/mol. The maximum Gasteiger partial charge on any atom is 0.255 e. The number of benzene rings is 3. The van der Waals surface area contributed by atoms with E-state index in [1.807, 2.05) is 42.5 Å². The molecule has 5 heteroatoms. The number of halogens is 2. The third kappa shape index (κ3) is 5.27. The molecule has 0 bridgehead atoms. The molecule has 0 spiro atoms. The average molecular weight is 388 g/mol. The van der Waals surface area contributed by atoms with Crippen molar-refractivity contribution in [3.05, 3.63) is 94.0 Å². The van der Waals surface area contributed by atoms with Crippen LogP contribution in [0, 0.1) is 0 Å². The molecule has 1 amide bonds. The first-order chi connectivity index (χ1) is 12.1. The van der Waals surface area contributed by atoms with Gasteiger partial charge in [-0.1, -0.05) is 41.4 Å². The highest BCUT2D eigenvalue weighted by molar-refractivity contribution is 7.98. The van der Waals surface area contributed by atoms with Crippen molar-refractivity contribution in [2.24, 2.45) is 0 Å². The van der Waals surface area contributed by atoms with Crippen molar-refractivity contribution in [3.8, 4) is 0 Å². The summed E-state index contributed by atoms with van der Waals surface area (Å²) in [5.74, 6) is 0.677. The normalized spacial score (nSPS) is 10.5. The van der Waals surface area contributed by atoms with Gasteiger partial charge >= 0.3 is 0 Å². The van der Waals surface area contributed by atoms with Crippen LogP contribution >= 0.6 is 35.0 Å². The minimum atomic E-state index is -0.142. The van der Waals surface area contributed by atoms with E-state index in [2.05, 4.69) is 5.32 Å². The monoisotopic (exact) mass is 387 g/mol. The molecule has 0 aromatic heterocycles. The Morgan fingerprint density at radius 1 is 0.880 bits per heavy atom.